The second-order valence-corrected chi connectivity index (χ2v) is 3.67. The van der Waals surface area contributed by atoms with Crippen LogP contribution in [0.4, 0.5) is 11.5 Å². The molecule has 1 aromatic carbocycles. The molecule has 1 aromatic heterocycles. The van der Waals surface area contributed by atoms with E-state index in [9.17, 15) is 10.1 Å². The van der Waals surface area contributed by atoms with Gasteiger partial charge in [-0.1, -0.05) is 12.1 Å². The van der Waals surface area contributed by atoms with Gasteiger partial charge in [0.25, 0.3) is 5.69 Å². The Bertz CT molecular complexity index is 644. The molecule has 0 spiro atoms. The maximum absolute atomic E-state index is 10.6. The van der Waals surface area contributed by atoms with Gasteiger partial charge >= 0.3 is 0 Å². The van der Waals surface area contributed by atoms with E-state index >= 15 is 0 Å². The molecule has 0 aliphatic rings. The van der Waals surface area contributed by atoms with Gasteiger partial charge in [-0.05, 0) is 0 Å². The van der Waals surface area contributed by atoms with Crippen LogP contribution < -0.4 is 10.2 Å². The summed E-state index contributed by atoms with van der Waals surface area (Å²) >= 11 is 0. The minimum atomic E-state index is -0.458. The molecule has 0 bridgehead atoms. The van der Waals surface area contributed by atoms with Gasteiger partial charge in [0, 0.05) is 23.8 Å². The highest BCUT2D eigenvalue weighted by atomic mass is 16.6. The lowest BCUT2D eigenvalue weighted by molar-refractivity contribution is -0.384. The third-order valence-corrected chi connectivity index (χ3v) is 2.32. The molecule has 102 valence electrons. The zero-order valence-electron chi connectivity index (χ0n) is 10.6. The molecule has 0 amide bonds. The van der Waals surface area contributed by atoms with Gasteiger partial charge in [0.15, 0.2) is 5.82 Å². The third-order valence-electron chi connectivity index (χ3n) is 2.32. The topological polar surface area (TPSA) is 103 Å². The van der Waals surface area contributed by atoms with E-state index in [2.05, 4.69) is 20.5 Å². The molecule has 0 unspecified atom stereocenters. The fourth-order valence-electron chi connectivity index (χ4n) is 1.40. The molecule has 1 heterocycles. The summed E-state index contributed by atoms with van der Waals surface area (Å²) in [7, 11) is 1.50. The molecule has 20 heavy (non-hydrogen) atoms. The number of nitro benzene ring substituents is 1. The van der Waals surface area contributed by atoms with Crippen molar-refractivity contribution in [3.05, 3.63) is 52.3 Å². The Hall–Kier alpha value is -3.03. The van der Waals surface area contributed by atoms with Gasteiger partial charge in [-0.3, -0.25) is 15.5 Å². The van der Waals surface area contributed by atoms with Crippen LogP contribution in [0.25, 0.3) is 0 Å². The number of hydrogen-bond acceptors (Lipinski definition) is 7. The number of ether oxygens (including phenoxy) is 1. The number of benzene rings is 1. The number of hydrogen-bond donors (Lipinski definition) is 1. The van der Waals surface area contributed by atoms with E-state index in [1.165, 1.54) is 31.8 Å². The molecule has 1 N–H and O–H groups in total. The summed E-state index contributed by atoms with van der Waals surface area (Å²) in [4.78, 5) is 18.0. The quantitative estimate of drug-likeness (QED) is 0.506. The van der Waals surface area contributed by atoms with Crippen LogP contribution in [0, 0.1) is 10.1 Å². The minimum absolute atomic E-state index is 0.0117. The summed E-state index contributed by atoms with van der Waals surface area (Å²) in [5, 5.41) is 14.6. The van der Waals surface area contributed by atoms with Crippen LogP contribution in [0.5, 0.6) is 5.88 Å². The van der Waals surface area contributed by atoms with Crippen molar-refractivity contribution in [3.63, 3.8) is 0 Å². The van der Waals surface area contributed by atoms with Crippen molar-refractivity contribution in [1.82, 2.24) is 9.97 Å². The Morgan fingerprint density at radius 3 is 3.00 bits per heavy atom. The summed E-state index contributed by atoms with van der Waals surface area (Å²) in [6, 6.07) is 7.71. The van der Waals surface area contributed by atoms with Crippen LogP contribution in [0.2, 0.25) is 0 Å². The predicted octanol–water partition coefficient (Wildman–Crippen LogP) is 1.84. The normalized spacial score (nSPS) is 10.4. The fraction of sp³-hybridized carbons (Fsp3) is 0.0833. The molecule has 8 nitrogen and oxygen atoms in total. The van der Waals surface area contributed by atoms with Crippen molar-refractivity contribution in [3.8, 4) is 5.88 Å². The fourth-order valence-corrected chi connectivity index (χ4v) is 1.40. The van der Waals surface area contributed by atoms with E-state index in [-0.39, 0.29) is 5.69 Å². The average Bonchev–Trinajstić information content (AvgIpc) is 2.48. The Balaban J connectivity index is 2.06. The molecular formula is C12H11N5O3. The largest absolute Gasteiger partial charge is 0.481 e. The number of anilines is 1. The van der Waals surface area contributed by atoms with E-state index in [0.29, 0.717) is 17.3 Å². The van der Waals surface area contributed by atoms with E-state index < -0.39 is 4.92 Å². The number of aromatic nitrogens is 2. The zero-order valence-corrected chi connectivity index (χ0v) is 10.6. The number of rotatable bonds is 5. The van der Waals surface area contributed by atoms with Crippen molar-refractivity contribution >= 4 is 17.7 Å². The Labute approximate surface area is 114 Å². The van der Waals surface area contributed by atoms with Crippen LogP contribution in [0.1, 0.15) is 5.56 Å². The molecule has 0 atom stereocenters. The second-order valence-electron chi connectivity index (χ2n) is 3.67. The van der Waals surface area contributed by atoms with Crippen LogP contribution >= 0.6 is 0 Å². The molecule has 2 rings (SSSR count). The molecule has 2 aromatic rings. The van der Waals surface area contributed by atoms with Gasteiger partial charge < -0.3 is 4.74 Å². The van der Waals surface area contributed by atoms with Crippen LogP contribution in [-0.4, -0.2) is 28.2 Å². The number of nitrogens with one attached hydrogen (secondary N) is 1. The van der Waals surface area contributed by atoms with E-state index in [4.69, 9.17) is 4.74 Å². The molecule has 8 heteroatoms. The van der Waals surface area contributed by atoms with Crippen molar-refractivity contribution in [2.75, 3.05) is 12.5 Å². The number of nitrogens with zero attached hydrogens (tertiary/aromatic N) is 4. The van der Waals surface area contributed by atoms with Crippen molar-refractivity contribution in [2.45, 2.75) is 0 Å². The molecule has 0 saturated carbocycles. The monoisotopic (exact) mass is 273 g/mol. The summed E-state index contributed by atoms with van der Waals surface area (Å²) in [5.41, 5.74) is 3.30. The lowest BCUT2D eigenvalue weighted by atomic mass is 10.2. The standard InChI is InChI=1S/C12H11N5O3/c1-20-12-6-11(13-8-14-12)16-15-7-9-3-2-4-10(5-9)17(18)19/h2-8H,1H3,(H,13,14,16). The molecular weight excluding hydrogens is 262 g/mol. The van der Waals surface area contributed by atoms with E-state index in [0.717, 1.165) is 0 Å². The Kier molecular flexibility index (Phi) is 4.17. The first kappa shape index (κ1) is 13.4. The molecule has 0 radical (unpaired) electrons. The Morgan fingerprint density at radius 1 is 1.40 bits per heavy atom. The molecule has 0 aliphatic carbocycles. The highest BCUT2D eigenvalue weighted by molar-refractivity contribution is 5.81. The van der Waals surface area contributed by atoms with Gasteiger partial charge in [0.2, 0.25) is 5.88 Å². The summed E-state index contributed by atoms with van der Waals surface area (Å²) in [6.07, 6.45) is 2.80. The van der Waals surface area contributed by atoms with Gasteiger partial charge in [0.1, 0.15) is 6.33 Å². The highest BCUT2D eigenvalue weighted by Gasteiger charge is 2.03. The van der Waals surface area contributed by atoms with Gasteiger partial charge in [0.05, 0.1) is 18.2 Å². The van der Waals surface area contributed by atoms with Crippen LogP contribution in [0.3, 0.4) is 0 Å². The summed E-state index contributed by atoms with van der Waals surface area (Å²) in [6.45, 7) is 0. The first-order valence-corrected chi connectivity index (χ1v) is 5.58. The summed E-state index contributed by atoms with van der Waals surface area (Å²) < 4.78 is 4.94. The van der Waals surface area contributed by atoms with Gasteiger partial charge in [-0.25, -0.2) is 9.97 Å². The van der Waals surface area contributed by atoms with E-state index in [1.807, 2.05) is 0 Å². The SMILES string of the molecule is COc1cc(NN=Cc2cccc([N+](=O)[O-])c2)ncn1. The molecule has 0 aliphatic heterocycles. The molecule has 0 fully saturated rings. The smallest absolute Gasteiger partial charge is 0.270 e. The average molecular weight is 273 g/mol. The summed E-state index contributed by atoms with van der Waals surface area (Å²) in [5.74, 6) is 0.867. The van der Waals surface area contributed by atoms with Gasteiger partial charge in [-0.2, -0.15) is 5.10 Å². The number of non-ortho nitro benzene ring substituents is 1. The van der Waals surface area contributed by atoms with Crippen molar-refractivity contribution in [1.29, 1.82) is 0 Å². The van der Waals surface area contributed by atoms with Crippen molar-refractivity contribution in [2.24, 2.45) is 5.10 Å². The van der Waals surface area contributed by atoms with Gasteiger partial charge in [-0.15, -0.1) is 0 Å². The van der Waals surface area contributed by atoms with Crippen LogP contribution in [-0.2, 0) is 0 Å². The maximum atomic E-state index is 10.6. The lowest BCUT2D eigenvalue weighted by Gasteiger charge is -2.01. The zero-order chi connectivity index (χ0) is 14.4. The van der Waals surface area contributed by atoms with E-state index in [1.54, 1.807) is 18.2 Å². The number of nitro groups is 1. The lowest BCUT2D eigenvalue weighted by Crippen LogP contribution is -1.96. The first-order valence-electron chi connectivity index (χ1n) is 5.58. The van der Waals surface area contributed by atoms with Crippen LogP contribution in [0.15, 0.2) is 41.8 Å². The Morgan fingerprint density at radius 2 is 2.25 bits per heavy atom. The predicted molar refractivity (Wildman–Crippen MR) is 72.9 cm³/mol. The van der Waals surface area contributed by atoms with Crippen molar-refractivity contribution < 1.29 is 9.66 Å². The second kappa shape index (κ2) is 6.23. The maximum Gasteiger partial charge on any atom is 0.270 e. The number of hydrazone groups is 1. The minimum Gasteiger partial charge on any atom is -0.481 e. The number of methoxy groups -OCH3 is 1. The first-order chi connectivity index (χ1) is 9.69. The molecule has 0 saturated heterocycles. The third kappa shape index (κ3) is 3.48. The highest BCUT2D eigenvalue weighted by Crippen LogP contribution is 2.12.